The number of anilines is 2. The molecule has 2 aliphatic rings. The Morgan fingerprint density at radius 3 is 2.92 bits per heavy atom. The molecule has 0 saturated carbocycles. The lowest BCUT2D eigenvalue weighted by atomic mass is 9.95. The van der Waals surface area contributed by atoms with Gasteiger partial charge in [-0.3, -0.25) is 4.79 Å². The molecule has 1 fully saturated rings. The molecule has 8 heteroatoms. The molecular formula is C28H25ClN4O3. The van der Waals surface area contributed by atoms with Crippen molar-refractivity contribution in [2.45, 2.75) is 19.1 Å². The van der Waals surface area contributed by atoms with E-state index >= 15 is 0 Å². The summed E-state index contributed by atoms with van der Waals surface area (Å²) in [4.78, 5) is 21.3. The van der Waals surface area contributed by atoms with Crippen molar-refractivity contribution in [1.82, 2.24) is 9.97 Å². The number of hydrogen-bond donors (Lipinski definition) is 2. The van der Waals surface area contributed by atoms with Crippen molar-refractivity contribution in [3.05, 3.63) is 111 Å². The molecule has 2 N–H and O–H groups in total. The predicted molar refractivity (Wildman–Crippen MR) is 140 cm³/mol. The number of fused-ring (bicyclic) bond motifs is 2. The fraction of sp³-hybridized carbons (Fsp3) is 0.214. The normalized spacial score (nSPS) is 16.6. The van der Waals surface area contributed by atoms with Crippen LogP contribution in [0.1, 0.15) is 28.4 Å². The fourth-order valence-corrected chi connectivity index (χ4v) is 4.91. The molecule has 182 valence electrons. The standard InChI is InChI=1S/C28H25ClN4O3/c29-26-9-6-18(16-32-26)15-31-21-7-8-24-20(14-21)13-19-3-1-4-22(27(19)36-24)25-17-33(11-12-35-25)23-5-2-10-30-28(23)34/h1-10,14,16,25,31H,11-13,15,17H2,(H,30,34). The first kappa shape index (κ1) is 22.6. The summed E-state index contributed by atoms with van der Waals surface area (Å²) in [5.41, 5.74) is 5.91. The highest BCUT2D eigenvalue weighted by Crippen LogP contribution is 2.43. The number of nitrogens with one attached hydrogen (secondary N) is 2. The summed E-state index contributed by atoms with van der Waals surface area (Å²) in [6, 6.07) is 19.8. The number of aromatic nitrogens is 2. The van der Waals surface area contributed by atoms with Crippen LogP contribution in [0.4, 0.5) is 11.4 Å². The van der Waals surface area contributed by atoms with Gasteiger partial charge in [0.2, 0.25) is 0 Å². The lowest BCUT2D eigenvalue weighted by Crippen LogP contribution is -2.41. The Bertz CT molecular complexity index is 1450. The van der Waals surface area contributed by atoms with E-state index in [0.29, 0.717) is 37.1 Å². The lowest BCUT2D eigenvalue weighted by molar-refractivity contribution is 0.0383. The van der Waals surface area contributed by atoms with E-state index in [9.17, 15) is 4.79 Å². The largest absolute Gasteiger partial charge is 0.456 e. The van der Waals surface area contributed by atoms with E-state index in [0.717, 1.165) is 45.9 Å². The highest BCUT2D eigenvalue weighted by molar-refractivity contribution is 6.29. The summed E-state index contributed by atoms with van der Waals surface area (Å²) in [6.07, 6.45) is 4.00. The number of H-pyrrole nitrogens is 1. The zero-order chi connectivity index (χ0) is 24.5. The summed E-state index contributed by atoms with van der Waals surface area (Å²) >= 11 is 5.88. The Labute approximate surface area is 213 Å². The summed E-state index contributed by atoms with van der Waals surface area (Å²) in [5.74, 6) is 1.70. The van der Waals surface area contributed by atoms with Crippen LogP contribution in [0.3, 0.4) is 0 Å². The molecule has 1 unspecified atom stereocenters. The molecule has 0 radical (unpaired) electrons. The first-order valence-electron chi connectivity index (χ1n) is 12.0. The van der Waals surface area contributed by atoms with E-state index in [1.165, 1.54) is 0 Å². The SMILES string of the molecule is O=c1[nH]cccc1N1CCOC(c2cccc3c2Oc2ccc(NCc4ccc(Cl)nc4)cc2C3)C1. The first-order chi connectivity index (χ1) is 17.6. The van der Waals surface area contributed by atoms with Crippen molar-refractivity contribution in [2.75, 3.05) is 29.9 Å². The molecule has 1 saturated heterocycles. The predicted octanol–water partition coefficient (Wildman–Crippen LogP) is 5.31. The minimum Gasteiger partial charge on any atom is -0.456 e. The maximum atomic E-state index is 12.3. The van der Waals surface area contributed by atoms with Crippen molar-refractivity contribution in [3.8, 4) is 11.5 Å². The van der Waals surface area contributed by atoms with Gasteiger partial charge in [0.15, 0.2) is 0 Å². The van der Waals surface area contributed by atoms with Crippen LogP contribution in [0.5, 0.6) is 11.5 Å². The van der Waals surface area contributed by atoms with Crippen LogP contribution in [0, 0.1) is 0 Å². The summed E-state index contributed by atoms with van der Waals surface area (Å²) in [6.45, 7) is 2.45. The number of aromatic amines is 1. The molecule has 0 spiro atoms. The van der Waals surface area contributed by atoms with Gasteiger partial charge in [-0.1, -0.05) is 35.9 Å². The van der Waals surface area contributed by atoms with Gasteiger partial charge in [0.25, 0.3) is 5.56 Å². The van der Waals surface area contributed by atoms with Gasteiger partial charge in [-0.05, 0) is 47.5 Å². The number of halogens is 1. The topological polar surface area (TPSA) is 79.5 Å². The van der Waals surface area contributed by atoms with Crippen molar-refractivity contribution >= 4 is 23.0 Å². The summed E-state index contributed by atoms with van der Waals surface area (Å²) < 4.78 is 12.6. The van der Waals surface area contributed by atoms with Crippen molar-refractivity contribution in [1.29, 1.82) is 0 Å². The smallest absolute Gasteiger partial charge is 0.271 e. The van der Waals surface area contributed by atoms with Crippen LogP contribution in [0.2, 0.25) is 5.15 Å². The number of benzene rings is 2. The lowest BCUT2D eigenvalue weighted by Gasteiger charge is -2.35. The molecule has 2 aromatic carbocycles. The third-order valence-corrected chi connectivity index (χ3v) is 6.84. The number of ether oxygens (including phenoxy) is 2. The van der Waals surface area contributed by atoms with Crippen LogP contribution in [0.15, 0.2) is 77.9 Å². The Kier molecular flexibility index (Phi) is 6.09. The zero-order valence-corrected chi connectivity index (χ0v) is 20.3. The Balaban J connectivity index is 1.20. The van der Waals surface area contributed by atoms with E-state index in [4.69, 9.17) is 21.1 Å². The van der Waals surface area contributed by atoms with Crippen LogP contribution < -0.4 is 20.5 Å². The average Bonchev–Trinajstić information content (AvgIpc) is 2.91. The molecule has 7 nitrogen and oxygen atoms in total. The fourth-order valence-electron chi connectivity index (χ4n) is 4.80. The molecule has 4 aromatic rings. The number of para-hydroxylation sites is 1. The quantitative estimate of drug-likeness (QED) is 0.318. The molecule has 0 amide bonds. The van der Waals surface area contributed by atoms with Crippen LogP contribution >= 0.6 is 11.6 Å². The minimum atomic E-state index is -0.191. The van der Waals surface area contributed by atoms with Gasteiger partial charge in [-0.2, -0.15) is 0 Å². The third-order valence-electron chi connectivity index (χ3n) is 6.62. The van der Waals surface area contributed by atoms with Gasteiger partial charge in [0, 0.05) is 55.3 Å². The van der Waals surface area contributed by atoms with Crippen molar-refractivity contribution in [2.24, 2.45) is 0 Å². The second-order valence-electron chi connectivity index (χ2n) is 8.97. The number of morpholine rings is 1. The molecule has 0 aliphatic carbocycles. The third kappa shape index (κ3) is 4.55. The van der Waals surface area contributed by atoms with Crippen molar-refractivity contribution < 1.29 is 9.47 Å². The molecule has 6 rings (SSSR count). The Morgan fingerprint density at radius 1 is 1.11 bits per heavy atom. The second-order valence-corrected chi connectivity index (χ2v) is 9.36. The number of pyridine rings is 2. The van der Waals surface area contributed by atoms with Gasteiger partial charge in [0.1, 0.15) is 28.4 Å². The van der Waals surface area contributed by atoms with E-state index in [1.54, 1.807) is 18.5 Å². The van der Waals surface area contributed by atoms with E-state index in [-0.39, 0.29) is 11.7 Å². The second kappa shape index (κ2) is 9.68. The van der Waals surface area contributed by atoms with Crippen LogP contribution in [-0.4, -0.2) is 29.7 Å². The molecule has 2 aliphatic heterocycles. The van der Waals surface area contributed by atoms with Crippen molar-refractivity contribution in [3.63, 3.8) is 0 Å². The molecule has 36 heavy (non-hydrogen) atoms. The van der Waals surface area contributed by atoms with Gasteiger partial charge in [-0.25, -0.2) is 4.98 Å². The van der Waals surface area contributed by atoms with Gasteiger partial charge in [0.05, 0.1) is 6.61 Å². The first-order valence-corrected chi connectivity index (χ1v) is 12.3. The van der Waals surface area contributed by atoms with E-state index in [1.807, 2.05) is 30.3 Å². The maximum absolute atomic E-state index is 12.3. The van der Waals surface area contributed by atoms with Gasteiger partial charge >= 0.3 is 0 Å². The highest BCUT2D eigenvalue weighted by atomic mass is 35.5. The van der Waals surface area contributed by atoms with Crippen LogP contribution in [-0.2, 0) is 17.7 Å². The van der Waals surface area contributed by atoms with E-state index in [2.05, 4.69) is 44.5 Å². The van der Waals surface area contributed by atoms with Crippen LogP contribution in [0.25, 0.3) is 0 Å². The molecule has 0 bridgehead atoms. The summed E-state index contributed by atoms with van der Waals surface area (Å²) in [7, 11) is 0. The monoisotopic (exact) mass is 500 g/mol. The molecule has 4 heterocycles. The molecule has 2 aromatic heterocycles. The zero-order valence-electron chi connectivity index (χ0n) is 19.5. The highest BCUT2D eigenvalue weighted by Gasteiger charge is 2.29. The maximum Gasteiger partial charge on any atom is 0.271 e. The van der Waals surface area contributed by atoms with E-state index < -0.39 is 0 Å². The average molecular weight is 501 g/mol. The van der Waals surface area contributed by atoms with Gasteiger partial charge in [-0.15, -0.1) is 0 Å². The Hall–Kier alpha value is -3.81. The number of rotatable bonds is 5. The molecular weight excluding hydrogens is 476 g/mol. The number of nitrogens with zero attached hydrogens (tertiary/aromatic N) is 2. The summed E-state index contributed by atoms with van der Waals surface area (Å²) in [5, 5.41) is 3.94. The number of hydrogen-bond acceptors (Lipinski definition) is 6. The van der Waals surface area contributed by atoms with Gasteiger partial charge < -0.3 is 24.7 Å². The molecule has 1 atom stereocenters. The Morgan fingerprint density at radius 2 is 2.06 bits per heavy atom. The minimum absolute atomic E-state index is 0.0878.